The lowest BCUT2D eigenvalue weighted by atomic mass is 9.66. The molecule has 0 unspecified atom stereocenters. The average molecular weight is 228 g/mol. The van der Waals surface area contributed by atoms with Crippen LogP contribution in [0.3, 0.4) is 0 Å². The summed E-state index contributed by atoms with van der Waals surface area (Å²) in [7, 11) is 0. The standard InChI is InChI=1S/C16H20O/c1-15(2)13-9-12(11-7-5-4-6-8-11)16(15,3)10-14(13)17/h4-9,13-14,17H,10H2,1-3H3/t13-,14+,16+/m1/s1. The van der Waals surface area contributed by atoms with E-state index in [4.69, 9.17) is 0 Å². The van der Waals surface area contributed by atoms with Gasteiger partial charge in [0.05, 0.1) is 6.10 Å². The largest absolute Gasteiger partial charge is 0.392 e. The quantitative estimate of drug-likeness (QED) is 0.780. The van der Waals surface area contributed by atoms with Crippen LogP contribution in [0.2, 0.25) is 0 Å². The first-order chi connectivity index (χ1) is 7.97. The van der Waals surface area contributed by atoms with Crippen molar-refractivity contribution in [1.82, 2.24) is 0 Å². The van der Waals surface area contributed by atoms with Gasteiger partial charge in [-0.25, -0.2) is 0 Å². The van der Waals surface area contributed by atoms with Crippen LogP contribution in [0.5, 0.6) is 0 Å². The second kappa shape index (κ2) is 3.23. The van der Waals surface area contributed by atoms with Crippen molar-refractivity contribution < 1.29 is 5.11 Å². The second-order valence-electron chi connectivity index (χ2n) is 6.30. The molecule has 2 bridgehead atoms. The average Bonchev–Trinajstić information content (AvgIpc) is 2.58. The molecule has 3 rings (SSSR count). The van der Waals surface area contributed by atoms with Crippen LogP contribution in [0.25, 0.3) is 5.57 Å². The van der Waals surface area contributed by atoms with Gasteiger partial charge in [-0.2, -0.15) is 0 Å². The summed E-state index contributed by atoms with van der Waals surface area (Å²) < 4.78 is 0. The van der Waals surface area contributed by atoms with Gasteiger partial charge in [-0.1, -0.05) is 57.2 Å². The first kappa shape index (κ1) is 11.0. The van der Waals surface area contributed by atoms with E-state index in [2.05, 4.69) is 57.2 Å². The van der Waals surface area contributed by atoms with Crippen LogP contribution in [0, 0.1) is 16.7 Å². The number of aliphatic hydroxyl groups excluding tert-OH is 1. The maximum atomic E-state index is 10.1. The minimum Gasteiger partial charge on any atom is -0.392 e. The van der Waals surface area contributed by atoms with Crippen LogP contribution in [-0.4, -0.2) is 11.2 Å². The number of hydrogen-bond donors (Lipinski definition) is 1. The number of aliphatic hydroxyl groups is 1. The summed E-state index contributed by atoms with van der Waals surface area (Å²) in [6, 6.07) is 10.6. The highest BCUT2D eigenvalue weighted by Gasteiger charge is 2.61. The first-order valence-electron chi connectivity index (χ1n) is 6.42. The molecule has 0 aromatic heterocycles. The molecule has 0 amide bonds. The van der Waals surface area contributed by atoms with Crippen molar-refractivity contribution >= 4 is 5.57 Å². The summed E-state index contributed by atoms with van der Waals surface area (Å²) in [5.41, 5.74) is 3.02. The molecule has 1 aromatic carbocycles. The van der Waals surface area contributed by atoms with Crippen LogP contribution in [0.1, 0.15) is 32.8 Å². The maximum absolute atomic E-state index is 10.1. The summed E-state index contributed by atoms with van der Waals surface area (Å²) in [5.74, 6) is 0.308. The van der Waals surface area contributed by atoms with Crippen molar-refractivity contribution in [2.45, 2.75) is 33.3 Å². The highest BCUT2D eigenvalue weighted by molar-refractivity contribution is 5.75. The minimum atomic E-state index is -0.164. The lowest BCUT2D eigenvalue weighted by molar-refractivity contribution is 0.123. The third kappa shape index (κ3) is 1.23. The Bertz CT molecular complexity index is 472. The molecule has 0 heterocycles. The zero-order valence-electron chi connectivity index (χ0n) is 10.8. The van der Waals surface area contributed by atoms with E-state index in [0.29, 0.717) is 5.92 Å². The van der Waals surface area contributed by atoms with Gasteiger partial charge < -0.3 is 5.11 Å². The molecule has 0 aliphatic heterocycles. The van der Waals surface area contributed by atoms with Gasteiger partial charge in [-0.15, -0.1) is 0 Å². The van der Waals surface area contributed by atoms with E-state index >= 15 is 0 Å². The van der Waals surface area contributed by atoms with E-state index in [1.165, 1.54) is 11.1 Å². The summed E-state index contributed by atoms with van der Waals surface area (Å²) >= 11 is 0. The smallest absolute Gasteiger partial charge is 0.0617 e. The Kier molecular flexibility index (Phi) is 2.10. The van der Waals surface area contributed by atoms with Crippen LogP contribution >= 0.6 is 0 Å². The van der Waals surface area contributed by atoms with E-state index in [0.717, 1.165) is 6.42 Å². The van der Waals surface area contributed by atoms with E-state index in [9.17, 15) is 5.11 Å². The summed E-state index contributed by atoms with van der Waals surface area (Å²) in [6.07, 6.45) is 3.04. The normalized spacial score (nSPS) is 38.2. The highest BCUT2D eigenvalue weighted by atomic mass is 16.3. The summed E-state index contributed by atoms with van der Waals surface area (Å²) in [6.45, 7) is 6.89. The van der Waals surface area contributed by atoms with Crippen molar-refractivity contribution in [3.8, 4) is 0 Å². The van der Waals surface area contributed by atoms with Gasteiger partial charge in [0.25, 0.3) is 0 Å². The summed E-state index contributed by atoms with van der Waals surface area (Å²) in [4.78, 5) is 0. The van der Waals surface area contributed by atoms with Gasteiger partial charge in [0.15, 0.2) is 0 Å². The zero-order valence-corrected chi connectivity index (χ0v) is 10.8. The number of rotatable bonds is 1. The van der Waals surface area contributed by atoms with Crippen LogP contribution in [0.4, 0.5) is 0 Å². The molecule has 2 aliphatic carbocycles. The number of benzene rings is 1. The molecule has 1 fully saturated rings. The second-order valence-corrected chi connectivity index (χ2v) is 6.30. The third-order valence-electron chi connectivity index (χ3n) is 5.31. The van der Waals surface area contributed by atoms with Crippen molar-refractivity contribution in [3.05, 3.63) is 42.0 Å². The SMILES string of the molecule is CC1(C)[C@@H]2C=C(c3ccccc3)[C@]1(C)C[C@@H]2O. The van der Waals surface area contributed by atoms with Gasteiger partial charge in [-0.3, -0.25) is 0 Å². The topological polar surface area (TPSA) is 20.2 Å². The van der Waals surface area contributed by atoms with Gasteiger partial charge in [-0.05, 0) is 23.0 Å². The molecule has 0 saturated heterocycles. The molecule has 1 heteroatoms. The predicted molar refractivity (Wildman–Crippen MR) is 70.4 cm³/mol. The number of allylic oxidation sites excluding steroid dienone is 1. The molecule has 0 spiro atoms. The van der Waals surface area contributed by atoms with Gasteiger partial charge in [0.1, 0.15) is 0 Å². The predicted octanol–water partition coefficient (Wildman–Crippen LogP) is 3.50. The van der Waals surface area contributed by atoms with E-state index in [1.807, 2.05) is 0 Å². The Hall–Kier alpha value is -1.08. The Morgan fingerprint density at radius 1 is 1.12 bits per heavy atom. The first-order valence-corrected chi connectivity index (χ1v) is 6.42. The molecule has 3 atom stereocenters. The monoisotopic (exact) mass is 228 g/mol. The fourth-order valence-corrected chi connectivity index (χ4v) is 3.83. The molecule has 1 saturated carbocycles. The van der Waals surface area contributed by atoms with Crippen LogP contribution in [0.15, 0.2) is 36.4 Å². The van der Waals surface area contributed by atoms with Crippen LogP contribution in [-0.2, 0) is 0 Å². The molecular formula is C16H20O. The van der Waals surface area contributed by atoms with Crippen LogP contribution < -0.4 is 0 Å². The molecule has 2 aliphatic rings. The molecule has 1 nitrogen and oxygen atoms in total. The molecule has 1 aromatic rings. The van der Waals surface area contributed by atoms with Gasteiger partial charge in [0, 0.05) is 11.3 Å². The van der Waals surface area contributed by atoms with Gasteiger partial charge in [0.2, 0.25) is 0 Å². The van der Waals surface area contributed by atoms with Crippen molar-refractivity contribution in [2.75, 3.05) is 0 Å². The fourth-order valence-electron chi connectivity index (χ4n) is 3.83. The maximum Gasteiger partial charge on any atom is 0.0617 e. The molecule has 1 N–H and O–H groups in total. The van der Waals surface area contributed by atoms with E-state index in [-0.39, 0.29) is 16.9 Å². The molecular weight excluding hydrogens is 208 g/mol. The molecule has 0 radical (unpaired) electrons. The number of fused-ring (bicyclic) bond motifs is 2. The number of hydrogen-bond acceptors (Lipinski definition) is 1. The lowest BCUT2D eigenvalue weighted by Gasteiger charge is -2.37. The van der Waals surface area contributed by atoms with Crippen molar-refractivity contribution in [1.29, 1.82) is 0 Å². The Morgan fingerprint density at radius 2 is 1.76 bits per heavy atom. The fraction of sp³-hybridized carbons (Fsp3) is 0.500. The Labute approximate surface area is 103 Å². The summed E-state index contributed by atoms with van der Waals surface area (Å²) in [5, 5.41) is 10.1. The van der Waals surface area contributed by atoms with Crippen molar-refractivity contribution in [2.24, 2.45) is 16.7 Å². The lowest BCUT2D eigenvalue weighted by Crippen LogP contribution is -2.29. The van der Waals surface area contributed by atoms with Crippen molar-refractivity contribution in [3.63, 3.8) is 0 Å². The molecule has 90 valence electrons. The zero-order chi connectivity index (χ0) is 12.3. The van der Waals surface area contributed by atoms with Gasteiger partial charge >= 0.3 is 0 Å². The highest BCUT2D eigenvalue weighted by Crippen LogP contribution is 2.67. The minimum absolute atomic E-state index is 0.110. The third-order valence-corrected chi connectivity index (χ3v) is 5.31. The molecule has 17 heavy (non-hydrogen) atoms. The van der Waals surface area contributed by atoms with E-state index in [1.54, 1.807) is 0 Å². The Balaban J connectivity index is 2.11. The van der Waals surface area contributed by atoms with E-state index < -0.39 is 0 Å². The Morgan fingerprint density at radius 3 is 2.24 bits per heavy atom.